The van der Waals surface area contributed by atoms with Gasteiger partial charge < -0.3 is 20.8 Å². The van der Waals surface area contributed by atoms with Gasteiger partial charge in [-0.15, -0.1) is 0 Å². The average molecular weight is 437 g/mol. The summed E-state index contributed by atoms with van der Waals surface area (Å²) >= 11 is 0. The summed E-state index contributed by atoms with van der Waals surface area (Å²) in [6.45, 7) is 1.85. The molecule has 1 aliphatic rings. The summed E-state index contributed by atoms with van der Waals surface area (Å²) in [5.41, 5.74) is 8.73. The lowest BCUT2D eigenvalue weighted by Gasteiger charge is -2.15. The van der Waals surface area contributed by atoms with Gasteiger partial charge in [-0.25, -0.2) is 14.2 Å². The molecule has 1 saturated heterocycles. The molecule has 3 aromatic rings. The van der Waals surface area contributed by atoms with Crippen molar-refractivity contribution in [1.29, 1.82) is 0 Å². The summed E-state index contributed by atoms with van der Waals surface area (Å²) in [5.74, 6) is 0.0694. The Hall–Kier alpha value is -3.72. The number of H-pyrrole nitrogens is 1. The number of nitrogens with two attached hydrogens (primary N) is 1. The Morgan fingerprint density at radius 3 is 2.78 bits per heavy atom. The normalized spacial score (nSPS) is 16.7. The zero-order valence-electron chi connectivity index (χ0n) is 17.5. The molecule has 1 fully saturated rings. The Morgan fingerprint density at radius 2 is 2.12 bits per heavy atom. The average Bonchev–Trinajstić information content (AvgIpc) is 3.43. The fraction of sp³-hybridized carbons (Fsp3) is 0.261. The largest absolute Gasteiger partial charge is 0.442 e. The van der Waals surface area contributed by atoms with E-state index in [2.05, 4.69) is 15.3 Å². The molecule has 2 unspecified atom stereocenters. The van der Waals surface area contributed by atoms with Crippen molar-refractivity contribution >= 4 is 17.7 Å². The van der Waals surface area contributed by atoms with Crippen molar-refractivity contribution < 1.29 is 18.7 Å². The smallest absolute Gasteiger partial charge is 0.414 e. The molecular weight excluding hydrogens is 413 g/mol. The third-order valence-electron chi connectivity index (χ3n) is 5.31. The molecule has 0 spiro atoms. The lowest BCUT2D eigenvalue weighted by atomic mass is 10.00. The van der Waals surface area contributed by atoms with Crippen LogP contribution in [0.1, 0.15) is 24.4 Å². The first kappa shape index (κ1) is 21.5. The van der Waals surface area contributed by atoms with Crippen LogP contribution in [-0.4, -0.2) is 41.2 Å². The molecule has 1 aliphatic heterocycles. The van der Waals surface area contributed by atoms with Gasteiger partial charge in [0.25, 0.3) is 0 Å². The van der Waals surface area contributed by atoms with Crippen LogP contribution in [0.4, 0.5) is 14.9 Å². The highest BCUT2D eigenvalue weighted by molar-refractivity contribution is 5.90. The van der Waals surface area contributed by atoms with Crippen LogP contribution in [0.2, 0.25) is 0 Å². The highest BCUT2D eigenvalue weighted by Gasteiger charge is 2.32. The Bertz CT molecular complexity index is 1100. The van der Waals surface area contributed by atoms with Crippen LogP contribution in [0.25, 0.3) is 11.1 Å². The Balaban J connectivity index is 1.44. The van der Waals surface area contributed by atoms with E-state index in [1.165, 1.54) is 17.9 Å². The number of aromatic amines is 1. The summed E-state index contributed by atoms with van der Waals surface area (Å²) in [7, 11) is 0. The van der Waals surface area contributed by atoms with E-state index in [0.717, 1.165) is 17.0 Å². The fourth-order valence-corrected chi connectivity index (χ4v) is 3.65. The fourth-order valence-electron chi connectivity index (χ4n) is 3.65. The van der Waals surface area contributed by atoms with Gasteiger partial charge in [-0.3, -0.25) is 9.69 Å². The predicted molar refractivity (Wildman–Crippen MR) is 117 cm³/mol. The number of halogens is 1. The maximum absolute atomic E-state index is 14.9. The van der Waals surface area contributed by atoms with E-state index < -0.39 is 18.0 Å². The minimum absolute atomic E-state index is 0.205. The van der Waals surface area contributed by atoms with Crippen LogP contribution in [-0.2, 0) is 16.0 Å². The van der Waals surface area contributed by atoms with E-state index >= 15 is 0 Å². The Kier molecular flexibility index (Phi) is 6.18. The SMILES string of the molecule is CC(=O)NCC1CN(c2ccc(-c3ccc(CC(N)c4ncc[nH]4)cc3)c(F)c2)C(=O)O1. The Morgan fingerprint density at radius 1 is 1.34 bits per heavy atom. The van der Waals surface area contributed by atoms with E-state index in [1.807, 2.05) is 24.3 Å². The van der Waals surface area contributed by atoms with Gasteiger partial charge in [-0.1, -0.05) is 24.3 Å². The number of nitrogens with one attached hydrogen (secondary N) is 2. The number of cyclic esters (lactones) is 1. The van der Waals surface area contributed by atoms with Gasteiger partial charge in [0.2, 0.25) is 5.91 Å². The number of carbonyl (C=O) groups excluding carboxylic acids is 2. The lowest BCUT2D eigenvalue weighted by molar-refractivity contribution is -0.119. The highest BCUT2D eigenvalue weighted by atomic mass is 19.1. The summed E-state index contributed by atoms with van der Waals surface area (Å²) in [6, 6.07) is 11.9. The van der Waals surface area contributed by atoms with Gasteiger partial charge in [0, 0.05) is 24.9 Å². The predicted octanol–water partition coefficient (Wildman–Crippen LogP) is 2.92. The van der Waals surface area contributed by atoms with Gasteiger partial charge in [-0.05, 0) is 35.7 Å². The van der Waals surface area contributed by atoms with E-state index in [1.54, 1.807) is 24.5 Å². The Labute approximate surface area is 184 Å². The van der Waals surface area contributed by atoms with Crippen molar-refractivity contribution in [2.75, 3.05) is 18.0 Å². The third-order valence-corrected chi connectivity index (χ3v) is 5.31. The topological polar surface area (TPSA) is 113 Å². The second-order valence-corrected chi connectivity index (χ2v) is 7.70. The molecule has 2 heterocycles. The zero-order chi connectivity index (χ0) is 22.7. The first-order chi connectivity index (χ1) is 15.4. The molecular formula is C23H24FN5O3. The molecule has 9 heteroatoms. The number of ether oxygens (including phenoxy) is 1. The van der Waals surface area contributed by atoms with Crippen molar-refractivity contribution in [2.45, 2.75) is 25.5 Å². The molecule has 166 valence electrons. The maximum Gasteiger partial charge on any atom is 0.414 e. The number of anilines is 1. The minimum Gasteiger partial charge on any atom is -0.442 e. The van der Waals surface area contributed by atoms with E-state index in [-0.39, 0.29) is 25.0 Å². The number of benzene rings is 2. The molecule has 1 aromatic heterocycles. The zero-order valence-corrected chi connectivity index (χ0v) is 17.5. The first-order valence-electron chi connectivity index (χ1n) is 10.3. The first-order valence-corrected chi connectivity index (χ1v) is 10.3. The number of imidazole rings is 1. The third kappa shape index (κ3) is 4.78. The highest BCUT2D eigenvalue weighted by Crippen LogP contribution is 2.29. The van der Waals surface area contributed by atoms with Crippen molar-refractivity contribution in [1.82, 2.24) is 15.3 Å². The molecule has 4 N–H and O–H groups in total. The van der Waals surface area contributed by atoms with Gasteiger partial charge >= 0.3 is 6.09 Å². The second-order valence-electron chi connectivity index (χ2n) is 7.70. The lowest BCUT2D eigenvalue weighted by Crippen LogP contribution is -2.33. The monoisotopic (exact) mass is 437 g/mol. The number of hydrogen-bond donors (Lipinski definition) is 3. The van der Waals surface area contributed by atoms with Crippen LogP contribution in [0, 0.1) is 5.82 Å². The summed E-state index contributed by atoms with van der Waals surface area (Å²) < 4.78 is 20.1. The summed E-state index contributed by atoms with van der Waals surface area (Å²) in [6.07, 6.45) is 2.95. The van der Waals surface area contributed by atoms with Crippen molar-refractivity contribution in [3.8, 4) is 11.1 Å². The number of amides is 2. The van der Waals surface area contributed by atoms with Crippen LogP contribution in [0.3, 0.4) is 0 Å². The van der Waals surface area contributed by atoms with Crippen molar-refractivity contribution in [2.24, 2.45) is 5.73 Å². The van der Waals surface area contributed by atoms with Gasteiger partial charge in [0.1, 0.15) is 17.7 Å². The van der Waals surface area contributed by atoms with Crippen LogP contribution in [0.5, 0.6) is 0 Å². The molecule has 0 aliphatic carbocycles. The molecule has 32 heavy (non-hydrogen) atoms. The number of carbonyl (C=O) groups is 2. The molecule has 0 saturated carbocycles. The number of aromatic nitrogens is 2. The quantitative estimate of drug-likeness (QED) is 0.526. The summed E-state index contributed by atoms with van der Waals surface area (Å²) in [5, 5.41) is 2.62. The van der Waals surface area contributed by atoms with Crippen LogP contribution < -0.4 is 16.0 Å². The van der Waals surface area contributed by atoms with E-state index in [4.69, 9.17) is 10.5 Å². The summed E-state index contributed by atoms with van der Waals surface area (Å²) in [4.78, 5) is 31.7. The van der Waals surface area contributed by atoms with Gasteiger partial charge in [0.15, 0.2) is 0 Å². The van der Waals surface area contributed by atoms with E-state index in [0.29, 0.717) is 17.7 Å². The molecule has 0 bridgehead atoms. The molecule has 0 radical (unpaired) electrons. The van der Waals surface area contributed by atoms with Crippen molar-refractivity contribution in [3.63, 3.8) is 0 Å². The van der Waals surface area contributed by atoms with Crippen LogP contribution in [0.15, 0.2) is 54.9 Å². The van der Waals surface area contributed by atoms with Crippen LogP contribution >= 0.6 is 0 Å². The number of nitrogens with zero attached hydrogens (tertiary/aromatic N) is 2. The molecule has 2 amide bonds. The molecule has 8 nitrogen and oxygen atoms in total. The molecule has 2 atom stereocenters. The van der Waals surface area contributed by atoms with Crippen molar-refractivity contribution in [3.05, 3.63) is 72.1 Å². The molecule has 2 aromatic carbocycles. The second kappa shape index (κ2) is 9.19. The van der Waals surface area contributed by atoms with E-state index in [9.17, 15) is 14.0 Å². The number of hydrogen-bond acceptors (Lipinski definition) is 5. The van der Waals surface area contributed by atoms with Gasteiger partial charge in [-0.2, -0.15) is 0 Å². The van der Waals surface area contributed by atoms with Gasteiger partial charge in [0.05, 0.1) is 24.8 Å². The molecule has 4 rings (SSSR count). The minimum atomic E-state index is -0.565. The number of rotatable bonds is 7. The standard InChI is InChI=1S/C23H24FN5O3/c1-14(30)28-12-18-13-29(23(31)32-18)17-6-7-19(20(24)11-17)16-4-2-15(3-5-16)10-21(25)22-26-8-9-27-22/h2-9,11,18,21H,10,12-13,25H2,1H3,(H,26,27)(H,28,30). The maximum atomic E-state index is 14.9.